The van der Waals surface area contributed by atoms with E-state index < -0.39 is 0 Å². The van der Waals surface area contributed by atoms with Gasteiger partial charge in [-0.15, -0.1) is 0 Å². The van der Waals surface area contributed by atoms with E-state index in [4.69, 9.17) is 9.97 Å². The summed E-state index contributed by atoms with van der Waals surface area (Å²) in [6.07, 6.45) is 4.00. The maximum atomic E-state index is 4.81. The number of pyridine rings is 2. The molecule has 0 aliphatic heterocycles. The van der Waals surface area contributed by atoms with Crippen molar-refractivity contribution in [3.05, 3.63) is 146 Å². The Morgan fingerprint density at radius 3 is 1.15 bits per heavy atom. The van der Waals surface area contributed by atoms with Gasteiger partial charge in [-0.1, -0.05) is 121 Å². The van der Waals surface area contributed by atoms with Gasteiger partial charge in [0.1, 0.15) is 0 Å². The van der Waals surface area contributed by atoms with Gasteiger partial charge in [0, 0.05) is 34.6 Å². The van der Waals surface area contributed by atoms with Crippen LogP contribution in [0.15, 0.2) is 146 Å². The molecule has 40 heavy (non-hydrogen) atoms. The summed E-state index contributed by atoms with van der Waals surface area (Å²) >= 11 is 0. The Labute approximate surface area is 232 Å². The molecule has 8 rings (SSSR count). The second kappa shape index (κ2) is 9.14. The molecular formula is C38H24N2. The average Bonchev–Trinajstić information content (AvgIpc) is 3.04. The number of nitrogens with zero attached hydrogens (tertiary/aromatic N) is 2. The van der Waals surface area contributed by atoms with Gasteiger partial charge in [-0.25, -0.2) is 0 Å². The largest absolute Gasteiger partial charge is 0.256 e. The van der Waals surface area contributed by atoms with E-state index in [0.717, 1.165) is 33.6 Å². The molecule has 0 N–H and O–H groups in total. The van der Waals surface area contributed by atoms with Crippen molar-refractivity contribution < 1.29 is 0 Å². The van der Waals surface area contributed by atoms with Crippen LogP contribution in [-0.2, 0) is 0 Å². The molecule has 0 saturated heterocycles. The second-order valence-electron chi connectivity index (χ2n) is 10.2. The van der Waals surface area contributed by atoms with Crippen LogP contribution in [0.4, 0.5) is 0 Å². The van der Waals surface area contributed by atoms with Crippen LogP contribution in [0, 0.1) is 0 Å². The van der Waals surface area contributed by atoms with Gasteiger partial charge < -0.3 is 0 Å². The molecule has 0 aliphatic carbocycles. The summed E-state index contributed by atoms with van der Waals surface area (Å²) in [6, 6.07) is 47.2. The van der Waals surface area contributed by atoms with Crippen molar-refractivity contribution >= 4 is 32.3 Å². The highest BCUT2D eigenvalue weighted by Crippen LogP contribution is 2.42. The minimum absolute atomic E-state index is 0.985. The van der Waals surface area contributed by atoms with E-state index in [1.165, 1.54) is 43.4 Å². The summed E-state index contributed by atoms with van der Waals surface area (Å²) in [5.41, 5.74) is 8.88. The summed E-state index contributed by atoms with van der Waals surface area (Å²) < 4.78 is 0. The Morgan fingerprint density at radius 2 is 0.750 bits per heavy atom. The fourth-order valence-electron chi connectivity index (χ4n) is 5.97. The van der Waals surface area contributed by atoms with Crippen LogP contribution in [-0.4, -0.2) is 9.97 Å². The maximum Gasteiger partial charge on any atom is 0.0702 e. The minimum atomic E-state index is 0.985. The van der Waals surface area contributed by atoms with E-state index in [9.17, 15) is 0 Å². The number of hydrogen-bond acceptors (Lipinski definition) is 2. The number of hydrogen-bond donors (Lipinski definition) is 0. The minimum Gasteiger partial charge on any atom is -0.256 e. The zero-order valence-electron chi connectivity index (χ0n) is 21.8. The third kappa shape index (κ3) is 3.65. The van der Waals surface area contributed by atoms with Crippen molar-refractivity contribution in [1.29, 1.82) is 0 Å². The smallest absolute Gasteiger partial charge is 0.0702 e. The third-order valence-corrected chi connectivity index (χ3v) is 7.95. The molecule has 2 heteroatoms. The van der Waals surface area contributed by atoms with Crippen LogP contribution in [0.3, 0.4) is 0 Å². The predicted octanol–water partition coefficient (Wildman–Crippen LogP) is 10.0. The van der Waals surface area contributed by atoms with Crippen LogP contribution in [0.25, 0.3) is 77.1 Å². The maximum absolute atomic E-state index is 4.81. The molecule has 2 nitrogen and oxygen atoms in total. The molecule has 0 atom stereocenters. The zero-order chi connectivity index (χ0) is 26.5. The van der Waals surface area contributed by atoms with Crippen molar-refractivity contribution in [2.45, 2.75) is 0 Å². The number of benzene rings is 6. The molecule has 0 aliphatic rings. The van der Waals surface area contributed by atoms with Gasteiger partial charge in [-0.3, -0.25) is 9.97 Å². The first-order valence-electron chi connectivity index (χ1n) is 13.6. The molecule has 6 aromatic carbocycles. The first-order valence-corrected chi connectivity index (χ1v) is 13.6. The molecule has 0 spiro atoms. The van der Waals surface area contributed by atoms with Gasteiger partial charge in [0.05, 0.1) is 11.4 Å². The van der Waals surface area contributed by atoms with E-state index in [1.807, 2.05) is 48.8 Å². The van der Waals surface area contributed by atoms with Crippen LogP contribution in [0.2, 0.25) is 0 Å². The highest BCUT2D eigenvalue weighted by atomic mass is 14.7. The van der Waals surface area contributed by atoms with Gasteiger partial charge in [0.2, 0.25) is 0 Å². The molecule has 0 radical (unpaired) electrons. The Kier molecular flexibility index (Phi) is 5.17. The SMILES string of the molecule is c1ccc(-c2ccc(-c3ccc4ccc5c(-c6ccc(-c7ccccc7)nc6)ccc6ccc3c4c65)cn2)cc1. The second-order valence-corrected chi connectivity index (χ2v) is 10.2. The Bertz CT molecular complexity index is 1960. The van der Waals surface area contributed by atoms with Crippen LogP contribution in [0.1, 0.15) is 0 Å². The lowest BCUT2D eigenvalue weighted by Gasteiger charge is -2.16. The fourth-order valence-corrected chi connectivity index (χ4v) is 5.97. The lowest BCUT2D eigenvalue weighted by Crippen LogP contribution is -1.91. The predicted molar refractivity (Wildman–Crippen MR) is 167 cm³/mol. The molecule has 0 saturated carbocycles. The number of rotatable bonds is 4. The monoisotopic (exact) mass is 508 g/mol. The average molecular weight is 509 g/mol. The van der Waals surface area contributed by atoms with Crippen molar-refractivity contribution in [2.24, 2.45) is 0 Å². The van der Waals surface area contributed by atoms with Crippen molar-refractivity contribution in [3.8, 4) is 44.8 Å². The summed E-state index contributed by atoms with van der Waals surface area (Å²) in [6.45, 7) is 0. The highest BCUT2D eigenvalue weighted by Gasteiger charge is 2.15. The summed E-state index contributed by atoms with van der Waals surface area (Å²) in [5, 5.41) is 7.60. The first kappa shape index (κ1) is 22.6. The first-order chi connectivity index (χ1) is 19.8. The van der Waals surface area contributed by atoms with Crippen molar-refractivity contribution in [1.82, 2.24) is 9.97 Å². The highest BCUT2D eigenvalue weighted by molar-refractivity contribution is 6.27. The van der Waals surface area contributed by atoms with Gasteiger partial charge in [-0.2, -0.15) is 0 Å². The Balaban J connectivity index is 1.27. The molecule has 0 unspecified atom stereocenters. The van der Waals surface area contributed by atoms with E-state index >= 15 is 0 Å². The molecule has 8 aromatic rings. The molecule has 0 fully saturated rings. The lowest BCUT2D eigenvalue weighted by molar-refractivity contribution is 1.33. The van der Waals surface area contributed by atoms with Gasteiger partial charge in [0.15, 0.2) is 0 Å². The van der Waals surface area contributed by atoms with E-state index in [0.29, 0.717) is 0 Å². The van der Waals surface area contributed by atoms with Crippen molar-refractivity contribution in [3.63, 3.8) is 0 Å². The molecule has 0 amide bonds. The topological polar surface area (TPSA) is 25.8 Å². The molecule has 0 bridgehead atoms. The van der Waals surface area contributed by atoms with Crippen LogP contribution < -0.4 is 0 Å². The Morgan fingerprint density at radius 1 is 0.325 bits per heavy atom. The standard InChI is InChI=1S/C38H24N2/c1-3-7-25(8-4-1)35-21-15-29(23-39-35)31-17-11-27-14-20-34-32(18-12-28-13-19-33(31)37(27)38(28)34)30-16-22-36(40-24-30)26-9-5-2-6-10-26/h1-24H. The van der Waals surface area contributed by atoms with Gasteiger partial charge in [-0.05, 0) is 55.6 Å². The Hall–Kier alpha value is -5.34. The summed E-state index contributed by atoms with van der Waals surface area (Å²) in [5.74, 6) is 0. The zero-order valence-corrected chi connectivity index (χ0v) is 21.8. The fraction of sp³-hybridized carbons (Fsp3) is 0. The molecule has 2 heterocycles. The quantitative estimate of drug-likeness (QED) is 0.221. The molecule has 186 valence electrons. The molecule has 2 aromatic heterocycles. The van der Waals surface area contributed by atoms with Gasteiger partial charge >= 0.3 is 0 Å². The van der Waals surface area contributed by atoms with Crippen LogP contribution >= 0.6 is 0 Å². The lowest BCUT2D eigenvalue weighted by atomic mass is 9.87. The van der Waals surface area contributed by atoms with E-state index in [1.54, 1.807) is 0 Å². The van der Waals surface area contributed by atoms with E-state index in [-0.39, 0.29) is 0 Å². The van der Waals surface area contributed by atoms with Crippen LogP contribution in [0.5, 0.6) is 0 Å². The van der Waals surface area contributed by atoms with E-state index in [2.05, 4.69) is 97.1 Å². The van der Waals surface area contributed by atoms with Crippen molar-refractivity contribution in [2.75, 3.05) is 0 Å². The van der Waals surface area contributed by atoms with Gasteiger partial charge in [0.25, 0.3) is 0 Å². The summed E-state index contributed by atoms with van der Waals surface area (Å²) in [4.78, 5) is 9.62. The number of aromatic nitrogens is 2. The molecular weight excluding hydrogens is 484 g/mol. The summed E-state index contributed by atoms with van der Waals surface area (Å²) in [7, 11) is 0. The third-order valence-electron chi connectivity index (χ3n) is 7.95. The normalized spacial score (nSPS) is 11.5.